The molecule has 1 aliphatic rings. The first-order valence-electron chi connectivity index (χ1n) is 3.71. The molecule has 0 saturated carbocycles. The molecule has 1 aliphatic heterocycles. The number of benzene rings is 1. The Bertz CT molecular complexity index is 343. The van der Waals surface area contributed by atoms with E-state index in [9.17, 15) is 9.30 Å². The van der Waals surface area contributed by atoms with Crippen molar-refractivity contribution in [2.24, 2.45) is 5.29 Å². The first-order chi connectivity index (χ1) is 6.31. The molecule has 2 N–H and O–H groups in total. The van der Waals surface area contributed by atoms with Crippen LogP contribution in [0.2, 0.25) is 0 Å². The number of hydrogen-bond donors (Lipinski definition) is 2. The minimum absolute atomic E-state index is 0.124. The molecule has 0 unspecified atom stereocenters. The van der Waals surface area contributed by atoms with Crippen molar-refractivity contribution in [3.8, 4) is 0 Å². The van der Waals surface area contributed by atoms with E-state index in [1.165, 1.54) is 6.07 Å². The molecule has 0 aliphatic carbocycles. The lowest BCUT2D eigenvalue weighted by molar-refractivity contribution is 0.190. The van der Waals surface area contributed by atoms with Crippen LogP contribution >= 0.6 is 0 Å². The molecule has 0 aromatic heterocycles. The predicted molar refractivity (Wildman–Crippen MR) is 44.5 cm³/mol. The van der Waals surface area contributed by atoms with E-state index in [4.69, 9.17) is 0 Å². The average molecular weight is 182 g/mol. The van der Waals surface area contributed by atoms with Gasteiger partial charge in [0.1, 0.15) is 5.82 Å². The Morgan fingerprint density at radius 3 is 3.15 bits per heavy atom. The molecule has 6 heteroatoms. The molecule has 1 aromatic rings. The van der Waals surface area contributed by atoms with Crippen LogP contribution < -0.4 is 11.0 Å². The Labute approximate surface area is 73.4 Å². The minimum Gasteiger partial charge on any atom is -0.302 e. The van der Waals surface area contributed by atoms with E-state index in [0.29, 0.717) is 11.3 Å². The number of halogens is 1. The molecule has 5 nitrogen and oxygen atoms in total. The maximum Gasteiger partial charge on any atom is 0.130 e. The van der Waals surface area contributed by atoms with Crippen molar-refractivity contribution in [2.75, 3.05) is 5.43 Å². The van der Waals surface area contributed by atoms with Crippen LogP contribution in [0.1, 0.15) is 5.56 Å². The van der Waals surface area contributed by atoms with Gasteiger partial charge in [-0.1, -0.05) is 6.07 Å². The van der Waals surface area contributed by atoms with E-state index in [0.717, 1.165) is 5.12 Å². The minimum atomic E-state index is -0.347. The normalized spacial score (nSPS) is 14.7. The highest BCUT2D eigenvalue weighted by atomic mass is 19.1. The van der Waals surface area contributed by atoms with Gasteiger partial charge in [-0.3, -0.25) is 0 Å². The van der Waals surface area contributed by atoms with Gasteiger partial charge in [0.05, 0.1) is 17.5 Å². The highest BCUT2D eigenvalue weighted by Gasteiger charge is 2.17. The Morgan fingerprint density at radius 1 is 1.54 bits per heavy atom. The molecule has 2 rings (SSSR count). The number of nitroso groups, excluding NO2 is 1. The van der Waals surface area contributed by atoms with Crippen molar-refractivity contribution in [1.29, 1.82) is 0 Å². The van der Waals surface area contributed by atoms with Gasteiger partial charge >= 0.3 is 0 Å². The highest BCUT2D eigenvalue weighted by molar-refractivity contribution is 5.51. The first kappa shape index (κ1) is 7.93. The quantitative estimate of drug-likeness (QED) is 0.640. The lowest BCUT2D eigenvalue weighted by Gasteiger charge is -2.25. The standard InChI is InChI=1S/C7H7FN4O/c8-6-2-1-3-7-5(6)4-12(11-13)10-9-7/h1-3,9-10H,4H2. The molecule has 13 heavy (non-hydrogen) atoms. The summed E-state index contributed by atoms with van der Waals surface area (Å²) in [6.07, 6.45) is 0. The van der Waals surface area contributed by atoms with Crippen molar-refractivity contribution in [3.05, 3.63) is 34.5 Å². The fourth-order valence-electron chi connectivity index (χ4n) is 1.20. The Kier molecular flexibility index (Phi) is 1.82. The number of rotatable bonds is 1. The second kappa shape index (κ2) is 2.98. The maximum absolute atomic E-state index is 13.1. The van der Waals surface area contributed by atoms with Crippen LogP contribution in [-0.4, -0.2) is 5.12 Å². The fourth-order valence-corrected chi connectivity index (χ4v) is 1.20. The summed E-state index contributed by atoms with van der Waals surface area (Å²) in [6.45, 7) is 0.124. The third-order valence-corrected chi connectivity index (χ3v) is 1.84. The maximum atomic E-state index is 13.1. The van der Waals surface area contributed by atoms with Crippen molar-refractivity contribution < 1.29 is 4.39 Å². The van der Waals surface area contributed by atoms with E-state index in [-0.39, 0.29) is 12.4 Å². The first-order valence-corrected chi connectivity index (χ1v) is 3.71. The van der Waals surface area contributed by atoms with Crippen LogP contribution in [0.3, 0.4) is 0 Å². The van der Waals surface area contributed by atoms with Crippen molar-refractivity contribution in [3.63, 3.8) is 0 Å². The summed E-state index contributed by atoms with van der Waals surface area (Å²) in [4.78, 5) is 10.1. The monoisotopic (exact) mass is 182 g/mol. The zero-order valence-corrected chi connectivity index (χ0v) is 6.62. The number of nitrogens with zero attached hydrogens (tertiary/aromatic N) is 2. The van der Waals surface area contributed by atoms with Gasteiger partial charge < -0.3 is 5.43 Å². The van der Waals surface area contributed by atoms with E-state index in [1.807, 2.05) is 0 Å². The van der Waals surface area contributed by atoms with E-state index < -0.39 is 0 Å². The molecule has 1 aromatic carbocycles. The van der Waals surface area contributed by atoms with Crippen LogP contribution in [0.4, 0.5) is 10.1 Å². The highest BCUT2D eigenvalue weighted by Crippen LogP contribution is 2.22. The summed E-state index contributed by atoms with van der Waals surface area (Å²) in [5, 5.41) is 3.61. The van der Waals surface area contributed by atoms with Gasteiger partial charge in [-0.05, 0) is 12.1 Å². The number of anilines is 1. The predicted octanol–water partition coefficient (Wildman–Crippen LogP) is 1.15. The van der Waals surface area contributed by atoms with E-state index >= 15 is 0 Å². The second-order valence-corrected chi connectivity index (χ2v) is 2.64. The Morgan fingerprint density at radius 2 is 2.38 bits per heavy atom. The Hall–Kier alpha value is -1.69. The van der Waals surface area contributed by atoms with Crippen molar-refractivity contribution in [1.82, 2.24) is 10.7 Å². The summed E-state index contributed by atoms with van der Waals surface area (Å²) >= 11 is 0. The molecular formula is C7H7FN4O. The summed E-state index contributed by atoms with van der Waals surface area (Å²) in [6, 6.07) is 4.65. The molecule has 68 valence electrons. The van der Waals surface area contributed by atoms with Crippen molar-refractivity contribution in [2.45, 2.75) is 6.54 Å². The third-order valence-electron chi connectivity index (χ3n) is 1.84. The lowest BCUT2D eigenvalue weighted by atomic mass is 10.1. The number of hydrogen-bond acceptors (Lipinski definition) is 4. The Balaban J connectivity index is 2.37. The third kappa shape index (κ3) is 1.31. The van der Waals surface area contributed by atoms with Crippen LogP contribution in [0.5, 0.6) is 0 Å². The van der Waals surface area contributed by atoms with Crippen LogP contribution in [-0.2, 0) is 6.54 Å². The number of hydrazine groups is 2. The summed E-state index contributed by atoms with van der Waals surface area (Å²) in [5.41, 5.74) is 6.19. The summed E-state index contributed by atoms with van der Waals surface area (Å²) < 4.78 is 13.1. The lowest BCUT2D eigenvalue weighted by Crippen LogP contribution is -2.41. The largest absolute Gasteiger partial charge is 0.302 e. The van der Waals surface area contributed by atoms with E-state index in [1.54, 1.807) is 12.1 Å². The fraction of sp³-hybridized carbons (Fsp3) is 0.143. The summed E-state index contributed by atoms with van der Waals surface area (Å²) in [7, 11) is 0. The van der Waals surface area contributed by atoms with Gasteiger partial charge in [-0.15, -0.1) is 10.4 Å². The van der Waals surface area contributed by atoms with E-state index in [2.05, 4.69) is 16.2 Å². The zero-order valence-electron chi connectivity index (χ0n) is 6.62. The van der Waals surface area contributed by atoms with Gasteiger partial charge in [0.25, 0.3) is 0 Å². The molecule has 0 radical (unpaired) electrons. The van der Waals surface area contributed by atoms with Gasteiger partial charge in [-0.25, -0.2) is 4.39 Å². The zero-order chi connectivity index (χ0) is 9.26. The topological polar surface area (TPSA) is 56.7 Å². The molecule has 0 bridgehead atoms. The molecule has 0 atom stereocenters. The molecular weight excluding hydrogens is 175 g/mol. The van der Waals surface area contributed by atoms with Crippen molar-refractivity contribution >= 4 is 5.69 Å². The van der Waals surface area contributed by atoms with Gasteiger partial charge in [0.15, 0.2) is 0 Å². The molecule has 1 heterocycles. The smallest absolute Gasteiger partial charge is 0.130 e. The molecule has 0 amide bonds. The molecule has 0 fully saturated rings. The van der Waals surface area contributed by atoms with Gasteiger partial charge in [0, 0.05) is 5.56 Å². The van der Waals surface area contributed by atoms with Gasteiger partial charge in [-0.2, -0.15) is 5.12 Å². The van der Waals surface area contributed by atoms with Crippen LogP contribution in [0, 0.1) is 10.7 Å². The molecule has 0 spiro atoms. The molecule has 0 saturated heterocycles. The van der Waals surface area contributed by atoms with Gasteiger partial charge in [0.2, 0.25) is 0 Å². The second-order valence-electron chi connectivity index (χ2n) is 2.64. The number of nitrogens with one attached hydrogen (secondary N) is 2. The van der Waals surface area contributed by atoms with Crippen LogP contribution in [0.25, 0.3) is 0 Å². The number of fused-ring (bicyclic) bond motifs is 1. The average Bonchev–Trinajstić information content (AvgIpc) is 2.18. The van der Waals surface area contributed by atoms with Crippen LogP contribution in [0.15, 0.2) is 23.5 Å². The summed E-state index contributed by atoms with van der Waals surface area (Å²) in [5.74, 6) is -0.347. The SMILES string of the molecule is O=NN1Cc2c(F)cccc2NN1.